The summed E-state index contributed by atoms with van der Waals surface area (Å²) in [4.78, 5) is 40.0. The Kier molecular flexibility index (Phi) is 8.96. The molecule has 0 atom stereocenters. The summed E-state index contributed by atoms with van der Waals surface area (Å²) in [7, 11) is 1.67. The highest BCUT2D eigenvalue weighted by Crippen LogP contribution is 2.13. The number of aliphatic carboxylic acids is 1. The van der Waals surface area contributed by atoms with Gasteiger partial charge in [-0.3, -0.25) is 19.1 Å². The zero-order chi connectivity index (χ0) is 23.7. The Balaban J connectivity index is 0.000000451. The lowest BCUT2D eigenvalue weighted by molar-refractivity contribution is -0.192. The fraction of sp³-hybridized carbons (Fsp3) is 0.474. The maximum absolute atomic E-state index is 12.4. The molecule has 2 aromatic heterocycles. The molecule has 0 aromatic carbocycles. The van der Waals surface area contributed by atoms with Crippen LogP contribution >= 0.6 is 0 Å². The van der Waals surface area contributed by atoms with Crippen molar-refractivity contribution in [2.75, 3.05) is 26.8 Å². The van der Waals surface area contributed by atoms with E-state index in [1.54, 1.807) is 23.8 Å². The van der Waals surface area contributed by atoms with E-state index in [2.05, 4.69) is 15.2 Å². The quantitative estimate of drug-likeness (QED) is 0.660. The number of nitrogens with zero attached hydrogens (tertiary/aromatic N) is 3. The third kappa shape index (κ3) is 7.50. The van der Waals surface area contributed by atoms with Gasteiger partial charge in [-0.2, -0.15) is 13.2 Å². The summed E-state index contributed by atoms with van der Waals surface area (Å²) in [5.74, 6) is -2.13. The number of ether oxygens (including phenoxy) is 1. The van der Waals surface area contributed by atoms with Gasteiger partial charge in [0.1, 0.15) is 5.82 Å². The number of fused-ring (bicyclic) bond motifs is 1. The van der Waals surface area contributed by atoms with Gasteiger partial charge in [0.05, 0.1) is 31.7 Å². The highest BCUT2D eigenvalue weighted by Gasteiger charge is 2.38. The van der Waals surface area contributed by atoms with Gasteiger partial charge in [0.2, 0.25) is 0 Å². The van der Waals surface area contributed by atoms with Crippen molar-refractivity contribution in [3.05, 3.63) is 52.1 Å². The minimum Gasteiger partial charge on any atom is -0.475 e. The Labute approximate surface area is 180 Å². The van der Waals surface area contributed by atoms with Crippen LogP contribution in [0.15, 0.2) is 33.7 Å². The van der Waals surface area contributed by atoms with E-state index in [1.165, 1.54) is 12.3 Å². The Morgan fingerprint density at radius 1 is 1.34 bits per heavy atom. The predicted octanol–water partition coefficient (Wildman–Crippen LogP) is 1.25. The van der Waals surface area contributed by atoms with Crippen LogP contribution in [0.4, 0.5) is 13.2 Å². The summed E-state index contributed by atoms with van der Waals surface area (Å²) >= 11 is 0. The summed E-state index contributed by atoms with van der Waals surface area (Å²) in [6, 6.07) is 4.72. The molecule has 1 amide bonds. The number of methoxy groups -OCH3 is 1. The van der Waals surface area contributed by atoms with Crippen LogP contribution in [0.25, 0.3) is 0 Å². The number of hydrogen-bond acceptors (Lipinski definition) is 7. The molecule has 13 heteroatoms. The Hall–Kier alpha value is -3.19. The van der Waals surface area contributed by atoms with E-state index in [0.717, 1.165) is 25.3 Å². The summed E-state index contributed by atoms with van der Waals surface area (Å²) in [5.41, 5.74) is 0.464. The van der Waals surface area contributed by atoms with Crippen molar-refractivity contribution >= 4 is 11.9 Å². The minimum absolute atomic E-state index is 0.0826. The second-order valence-electron chi connectivity index (χ2n) is 6.74. The average molecular weight is 460 g/mol. The normalized spacial score (nSPS) is 14.0. The first-order chi connectivity index (χ1) is 15.1. The fourth-order valence-electron chi connectivity index (χ4n) is 2.87. The Morgan fingerprint density at radius 3 is 2.66 bits per heavy atom. The first kappa shape index (κ1) is 25.1. The summed E-state index contributed by atoms with van der Waals surface area (Å²) < 4.78 is 43.6. The highest BCUT2D eigenvalue weighted by atomic mass is 19.4. The monoisotopic (exact) mass is 460 g/mol. The van der Waals surface area contributed by atoms with Crippen molar-refractivity contribution < 1.29 is 37.0 Å². The lowest BCUT2D eigenvalue weighted by Crippen LogP contribution is -2.31. The topological polar surface area (TPSA) is 127 Å². The van der Waals surface area contributed by atoms with Gasteiger partial charge in [-0.1, -0.05) is 0 Å². The number of carboxylic acids is 1. The zero-order valence-corrected chi connectivity index (χ0v) is 17.2. The van der Waals surface area contributed by atoms with Gasteiger partial charge in [-0.25, -0.2) is 9.78 Å². The van der Waals surface area contributed by atoms with E-state index in [1.807, 2.05) is 0 Å². The number of amides is 1. The van der Waals surface area contributed by atoms with Crippen molar-refractivity contribution in [1.29, 1.82) is 0 Å². The lowest BCUT2D eigenvalue weighted by Gasteiger charge is -2.19. The van der Waals surface area contributed by atoms with E-state index in [9.17, 15) is 22.8 Å². The molecule has 2 aromatic rings. The van der Waals surface area contributed by atoms with Gasteiger partial charge < -0.3 is 19.6 Å². The molecule has 1 aliphatic heterocycles. The lowest BCUT2D eigenvalue weighted by atomic mass is 10.3. The molecule has 0 bridgehead atoms. The summed E-state index contributed by atoms with van der Waals surface area (Å²) in [5, 5.41) is 9.84. The molecule has 0 fully saturated rings. The van der Waals surface area contributed by atoms with Crippen molar-refractivity contribution in [1.82, 2.24) is 19.8 Å². The standard InChI is InChI=1S/C17H22N4O4.C2HF3O2/c1-24-9-7-20-5-3-6-21-15(12-20)19-13(10-16(21)22)11-18-17(23)14-4-2-8-25-14;3-2(4,5)1(6)7/h2,4,8,10H,3,5-7,9,11-12H2,1H3,(H,18,23);(H,6,7). The van der Waals surface area contributed by atoms with Gasteiger partial charge in [-0.15, -0.1) is 0 Å². The number of rotatable bonds is 6. The number of carboxylic acid groups (broad SMARTS) is 1. The first-order valence-corrected chi connectivity index (χ1v) is 9.54. The van der Waals surface area contributed by atoms with Gasteiger partial charge in [-0.05, 0) is 18.6 Å². The SMILES string of the molecule is COCCN1CCCn2c(nc(CNC(=O)c3ccco3)cc2=O)C1.O=C(O)C(F)(F)F. The number of halogens is 3. The zero-order valence-electron chi connectivity index (χ0n) is 17.2. The van der Waals surface area contributed by atoms with Gasteiger partial charge >= 0.3 is 12.1 Å². The second-order valence-corrected chi connectivity index (χ2v) is 6.74. The van der Waals surface area contributed by atoms with Crippen LogP contribution < -0.4 is 10.9 Å². The van der Waals surface area contributed by atoms with Crippen LogP contribution in [-0.4, -0.2) is 64.4 Å². The van der Waals surface area contributed by atoms with Crippen LogP contribution in [0, 0.1) is 0 Å². The number of alkyl halides is 3. The van der Waals surface area contributed by atoms with Crippen molar-refractivity contribution in [3.8, 4) is 0 Å². The Morgan fingerprint density at radius 2 is 2.06 bits per heavy atom. The number of nitrogens with one attached hydrogen (secondary N) is 1. The Bertz CT molecular complexity index is 959. The average Bonchev–Trinajstić information content (AvgIpc) is 3.18. The van der Waals surface area contributed by atoms with Crippen LogP contribution in [0.3, 0.4) is 0 Å². The molecular formula is C19H23F3N4O6. The molecule has 10 nitrogen and oxygen atoms in total. The highest BCUT2D eigenvalue weighted by molar-refractivity contribution is 5.91. The number of hydrogen-bond donors (Lipinski definition) is 2. The second kappa shape index (κ2) is 11.4. The number of furan rings is 1. The molecule has 0 radical (unpaired) electrons. The van der Waals surface area contributed by atoms with E-state index >= 15 is 0 Å². The maximum Gasteiger partial charge on any atom is 0.490 e. The van der Waals surface area contributed by atoms with E-state index in [0.29, 0.717) is 25.4 Å². The van der Waals surface area contributed by atoms with Gasteiger partial charge in [0.25, 0.3) is 11.5 Å². The van der Waals surface area contributed by atoms with Crippen LogP contribution in [0.1, 0.15) is 28.5 Å². The van der Waals surface area contributed by atoms with E-state index < -0.39 is 12.1 Å². The molecule has 3 heterocycles. The number of aromatic nitrogens is 2. The van der Waals surface area contributed by atoms with Gasteiger partial charge in [0, 0.05) is 32.8 Å². The molecule has 2 N–H and O–H groups in total. The third-order valence-corrected chi connectivity index (χ3v) is 4.39. The molecule has 0 saturated heterocycles. The van der Waals surface area contributed by atoms with Gasteiger partial charge in [0.15, 0.2) is 5.76 Å². The first-order valence-electron chi connectivity index (χ1n) is 9.54. The molecule has 1 aliphatic rings. The molecule has 32 heavy (non-hydrogen) atoms. The summed E-state index contributed by atoms with van der Waals surface area (Å²) in [6.45, 7) is 3.77. The maximum atomic E-state index is 12.4. The molecule has 0 aliphatic carbocycles. The van der Waals surface area contributed by atoms with Crippen LogP contribution in [0.5, 0.6) is 0 Å². The molecule has 3 rings (SSSR count). The molecule has 0 unspecified atom stereocenters. The smallest absolute Gasteiger partial charge is 0.475 e. The van der Waals surface area contributed by atoms with Crippen molar-refractivity contribution in [2.45, 2.75) is 32.2 Å². The van der Waals surface area contributed by atoms with Crippen molar-refractivity contribution in [3.63, 3.8) is 0 Å². The molecule has 0 spiro atoms. The largest absolute Gasteiger partial charge is 0.490 e. The molecular weight excluding hydrogens is 437 g/mol. The third-order valence-electron chi connectivity index (χ3n) is 4.39. The molecule has 0 saturated carbocycles. The minimum atomic E-state index is -5.08. The summed E-state index contributed by atoms with van der Waals surface area (Å²) in [6.07, 6.45) is -2.75. The predicted molar refractivity (Wildman–Crippen MR) is 104 cm³/mol. The van der Waals surface area contributed by atoms with Crippen LogP contribution in [-0.2, 0) is 29.2 Å². The molecule has 176 valence electrons. The van der Waals surface area contributed by atoms with Crippen LogP contribution in [0.2, 0.25) is 0 Å². The number of carbonyl (C=O) groups excluding carboxylic acids is 1. The van der Waals surface area contributed by atoms with E-state index in [-0.39, 0.29) is 23.8 Å². The van der Waals surface area contributed by atoms with Crippen molar-refractivity contribution in [2.24, 2.45) is 0 Å². The number of carbonyl (C=O) groups is 2. The van der Waals surface area contributed by atoms with E-state index in [4.69, 9.17) is 19.1 Å². The fourth-order valence-corrected chi connectivity index (χ4v) is 2.87.